The molecule has 28 heavy (non-hydrogen) atoms. The van der Waals surface area contributed by atoms with E-state index in [0.29, 0.717) is 0 Å². The molecule has 2 bridgehead atoms. The second kappa shape index (κ2) is 15.9. The first-order valence-electron chi connectivity index (χ1n) is 13.0. The van der Waals surface area contributed by atoms with Gasteiger partial charge in [-0.1, -0.05) is 0 Å². The number of hydrogen-bond donors (Lipinski definition) is 0. The molecule has 4 heteroatoms. The maximum absolute atomic E-state index is 7.42. The van der Waals surface area contributed by atoms with Crippen molar-refractivity contribution in [2.45, 2.75) is 142 Å². The topological polar surface area (TPSA) is 0 Å². The molecule has 0 atom stereocenters. The van der Waals surface area contributed by atoms with Crippen LogP contribution in [0.3, 0.4) is 0 Å². The van der Waals surface area contributed by atoms with Gasteiger partial charge in [-0.25, -0.2) is 0 Å². The Morgan fingerprint density at radius 1 is 0.250 bits per heavy atom. The zero-order valence-electron chi connectivity index (χ0n) is 18.7. The Labute approximate surface area is 192 Å². The summed E-state index contributed by atoms with van der Waals surface area (Å²) < 4.78 is 8.82. The van der Waals surface area contributed by atoms with Crippen LogP contribution < -0.4 is 0 Å². The molecular formula is C24H48Cl2Sn2. The Morgan fingerprint density at radius 3 is 0.571 bits per heavy atom. The second-order valence-electron chi connectivity index (χ2n) is 10.2. The van der Waals surface area contributed by atoms with E-state index in [1.165, 1.54) is 142 Å². The Balaban J connectivity index is 1.99. The predicted octanol–water partition coefficient (Wildman–Crippen LogP) is 10.4. The molecule has 166 valence electrons. The van der Waals surface area contributed by atoms with Crippen molar-refractivity contribution < 1.29 is 0 Å². The molecule has 3 saturated heterocycles. The van der Waals surface area contributed by atoms with Crippen LogP contribution in [0.5, 0.6) is 0 Å². The predicted molar refractivity (Wildman–Crippen MR) is 135 cm³/mol. The molecule has 3 aliphatic heterocycles. The van der Waals surface area contributed by atoms with E-state index in [2.05, 4.69) is 0 Å². The van der Waals surface area contributed by atoms with Gasteiger partial charge in [-0.2, -0.15) is 0 Å². The first-order valence-corrected chi connectivity index (χ1v) is 32.3. The molecule has 0 aromatic rings. The van der Waals surface area contributed by atoms with Crippen LogP contribution in [0.25, 0.3) is 0 Å². The summed E-state index contributed by atoms with van der Waals surface area (Å²) in [5, 5.41) is 0. The normalized spacial score (nSPS) is 34.5. The van der Waals surface area contributed by atoms with Crippen LogP contribution in [-0.2, 0) is 0 Å². The first-order chi connectivity index (χ1) is 13.6. The van der Waals surface area contributed by atoms with E-state index in [1.807, 2.05) is 0 Å². The molecule has 0 aromatic carbocycles. The van der Waals surface area contributed by atoms with Gasteiger partial charge in [0.25, 0.3) is 0 Å². The molecule has 0 nitrogen and oxygen atoms in total. The van der Waals surface area contributed by atoms with Gasteiger partial charge in [0.1, 0.15) is 0 Å². The van der Waals surface area contributed by atoms with Gasteiger partial charge in [0, 0.05) is 0 Å². The van der Waals surface area contributed by atoms with E-state index >= 15 is 0 Å². The van der Waals surface area contributed by atoms with Gasteiger partial charge in [0.2, 0.25) is 0 Å². The van der Waals surface area contributed by atoms with Gasteiger partial charge in [-0.05, 0) is 0 Å². The molecule has 0 aromatic heterocycles. The fraction of sp³-hybridized carbons (Fsp3) is 1.00. The number of fused-ring (bicyclic) bond motifs is 21. The fourth-order valence-corrected chi connectivity index (χ4v) is 30.3. The molecule has 0 spiro atoms. The maximum atomic E-state index is 7.42. The van der Waals surface area contributed by atoms with Crippen LogP contribution in [0.15, 0.2) is 0 Å². The molecule has 0 unspecified atom stereocenters. The first kappa shape index (κ1) is 26.4. The summed E-state index contributed by atoms with van der Waals surface area (Å²) in [6.07, 6.45) is 26.0. The van der Waals surface area contributed by atoms with Crippen molar-refractivity contribution in [1.29, 1.82) is 0 Å². The third kappa shape index (κ3) is 12.3. The van der Waals surface area contributed by atoms with Crippen LogP contribution >= 0.6 is 17.8 Å². The van der Waals surface area contributed by atoms with Crippen molar-refractivity contribution in [2.75, 3.05) is 0 Å². The standard InChI is InChI=1S/3C8H16.2ClH.2Sn/c3*1-3-5-7-8-6-4-2;;;;/h3*1-8H2;2*1H;;/q;;;;;2*+1/p-2. The van der Waals surface area contributed by atoms with Crippen LogP contribution in [0.2, 0.25) is 26.6 Å². The van der Waals surface area contributed by atoms with Crippen molar-refractivity contribution >= 4 is 52.3 Å². The Hall–Kier alpha value is 2.18. The van der Waals surface area contributed by atoms with Crippen molar-refractivity contribution in [1.82, 2.24) is 0 Å². The van der Waals surface area contributed by atoms with Crippen LogP contribution in [0.1, 0.15) is 116 Å². The van der Waals surface area contributed by atoms with E-state index in [1.54, 1.807) is 0 Å². The number of hydrogen-bond acceptors (Lipinski definition) is 0. The zero-order chi connectivity index (χ0) is 20.0. The van der Waals surface area contributed by atoms with Crippen LogP contribution in [-0.4, -0.2) is 34.5 Å². The summed E-state index contributed by atoms with van der Waals surface area (Å²) in [4.78, 5) is 0. The van der Waals surface area contributed by atoms with Crippen molar-refractivity contribution in [2.24, 2.45) is 0 Å². The van der Waals surface area contributed by atoms with Crippen molar-refractivity contribution in [3.05, 3.63) is 0 Å². The average Bonchev–Trinajstić information content (AvgIpc) is 2.67. The van der Waals surface area contributed by atoms with Gasteiger partial charge in [0.15, 0.2) is 0 Å². The molecule has 0 saturated carbocycles. The van der Waals surface area contributed by atoms with E-state index in [0.717, 1.165) is 0 Å². The monoisotopic (exact) mass is 646 g/mol. The summed E-state index contributed by atoms with van der Waals surface area (Å²) in [5.74, 6) is 0. The number of halogens is 2. The zero-order valence-corrected chi connectivity index (χ0v) is 25.9. The molecule has 0 amide bonds. The molecule has 3 fully saturated rings. The van der Waals surface area contributed by atoms with E-state index in [9.17, 15) is 0 Å². The van der Waals surface area contributed by atoms with Crippen molar-refractivity contribution in [3.63, 3.8) is 0 Å². The van der Waals surface area contributed by atoms with Crippen LogP contribution in [0.4, 0.5) is 0 Å². The summed E-state index contributed by atoms with van der Waals surface area (Å²) in [7, 11) is 14.8. The van der Waals surface area contributed by atoms with Gasteiger partial charge in [0.05, 0.1) is 0 Å². The summed E-state index contributed by atoms with van der Waals surface area (Å²) in [5.41, 5.74) is 0. The molecule has 0 radical (unpaired) electrons. The third-order valence-electron chi connectivity index (χ3n) is 7.50. The van der Waals surface area contributed by atoms with E-state index < -0.39 is 34.5 Å². The fourth-order valence-electron chi connectivity index (χ4n) is 5.52. The SMILES string of the molecule is [Cl][Sn]12[CH2]CCCCCC[CH2][Sn]([Cl])([CH2]CCCCCC[CH2]1)[CH2]CCCCCC[CH2]2. The molecule has 0 N–H and O–H groups in total. The summed E-state index contributed by atoms with van der Waals surface area (Å²) in [6, 6.07) is 0. The average molecular weight is 645 g/mol. The third-order valence-corrected chi connectivity index (χ3v) is 36.5. The van der Waals surface area contributed by atoms with E-state index in [-0.39, 0.29) is 0 Å². The minimum absolute atomic E-state index is 1.44. The van der Waals surface area contributed by atoms with Crippen molar-refractivity contribution in [3.8, 4) is 0 Å². The molecule has 3 heterocycles. The minimum atomic E-state index is -2.31. The van der Waals surface area contributed by atoms with Gasteiger partial charge < -0.3 is 0 Å². The Kier molecular flexibility index (Phi) is 15.0. The van der Waals surface area contributed by atoms with E-state index in [4.69, 9.17) is 17.8 Å². The molecule has 0 aliphatic carbocycles. The quantitative estimate of drug-likeness (QED) is 0.230. The molecule has 3 aliphatic rings. The summed E-state index contributed by atoms with van der Waals surface area (Å²) in [6.45, 7) is 0. The van der Waals surface area contributed by atoms with Gasteiger partial charge in [-0.15, -0.1) is 0 Å². The molecular weight excluding hydrogens is 597 g/mol. The summed E-state index contributed by atoms with van der Waals surface area (Å²) >= 11 is -4.62. The van der Waals surface area contributed by atoms with Gasteiger partial charge in [-0.3, -0.25) is 0 Å². The van der Waals surface area contributed by atoms with Crippen LogP contribution in [0, 0.1) is 0 Å². The molecule has 3 rings (SSSR count). The Morgan fingerprint density at radius 2 is 0.393 bits per heavy atom. The number of rotatable bonds is 0. The second-order valence-corrected chi connectivity index (χ2v) is 42.6. The van der Waals surface area contributed by atoms with Gasteiger partial charge >= 0.3 is 195 Å². The Bertz CT molecular complexity index is 300.